The molecule has 0 N–H and O–H groups in total. The van der Waals surface area contributed by atoms with Crippen molar-refractivity contribution in [1.29, 1.82) is 0 Å². The molecule has 0 aromatic heterocycles. The fourth-order valence-electron chi connectivity index (χ4n) is 4.97. The van der Waals surface area contributed by atoms with Crippen molar-refractivity contribution < 1.29 is 18.7 Å². The predicted molar refractivity (Wildman–Crippen MR) is 148 cm³/mol. The van der Waals surface area contributed by atoms with Crippen LogP contribution in [0.2, 0.25) is 23.2 Å². The summed E-state index contributed by atoms with van der Waals surface area (Å²) in [5.41, 5.74) is 4.55. The molecule has 4 nitrogen and oxygen atoms in total. The Morgan fingerprint density at radius 3 is 2.50 bits per heavy atom. The summed E-state index contributed by atoms with van der Waals surface area (Å²) in [4.78, 5) is 12.3. The maximum Gasteiger partial charge on any atom is 0.309 e. The Kier molecular flexibility index (Phi) is 7.94. The van der Waals surface area contributed by atoms with Gasteiger partial charge in [0.25, 0.3) is 0 Å². The summed E-state index contributed by atoms with van der Waals surface area (Å²) >= 11 is 6.57. The number of fused-ring (bicyclic) bond motifs is 1. The van der Waals surface area contributed by atoms with E-state index in [-0.39, 0.29) is 28.9 Å². The second-order valence-electron chi connectivity index (χ2n) is 12.1. The summed E-state index contributed by atoms with van der Waals surface area (Å²) in [6, 6.07) is 12.7. The molecule has 1 fully saturated rings. The molecular formula is C30H41ClO4Si. The standard InChI is InChI=1S/C30H41ClO4Si/c1-19(29(32)33-5)28(21-9-10-21)23-11-8-20-13-15-26(35-27(20)17-23)22-12-14-25(31)24(16-22)18-34-36(6,7)30(2,3)4/h8,11-12,14,16-17,19,21,26,28H,9-10,13,15,18H2,1-7H3/t19-,26?,28-/m0/s1. The van der Waals surface area contributed by atoms with Gasteiger partial charge in [0.2, 0.25) is 0 Å². The minimum atomic E-state index is -1.88. The van der Waals surface area contributed by atoms with E-state index in [1.165, 1.54) is 18.2 Å². The van der Waals surface area contributed by atoms with E-state index in [0.29, 0.717) is 12.5 Å². The molecule has 1 aliphatic heterocycles. The van der Waals surface area contributed by atoms with Crippen molar-refractivity contribution in [1.82, 2.24) is 0 Å². The number of carbonyl (C=O) groups is 1. The lowest BCUT2D eigenvalue weighted by Crippen LogP contribution is -2.40. The summed E-state index contributed by atoms with van der Waals surface area (Å²) in [5, 5.41) is 0.884. The third-order valence-electron chi connectivity index (χ3n) is 8.50. The maximum absolute atomic E-state index is 12.3. The van der Waals surface area contributed by atoms with Crippen molar-refractivity contribution in [2.45, 2.75) is 90.1 Å². The van der Waals surface area contributed by atoms with Crippen molar-refractivity contribution in [2.24, 2.45) is 11.8 Å². The van der Waals surface area contributed by atoms with Crippen LogP contribution in [-0.2, 0) is 27.0 Å². The third kappa shape index (κ3) is 5.84. The number of ether oxygens (including phenoxy) is 2. The molecule has 3 atom stereocenters. The normalized spacial score (nSPS) is 19.7. The first-order valence-electron chi connectivity index (χ1n) is 13.2. The van der Waals surface area contributed by atoms with Gasteiger partial charge >= 0.3 is 5.97 Å². The maximum atomic E-state index is 12.3. The number of hydrogen-bond acceptors (Lipinski definition) is 4. The summed E-state index contributed by atoms with van der Waals surface area (Å²) in [6.07, 6.45) is 4.17. The molecule has 6 heteroatoms. The van der Waals surface area contributed by atoms with Gasteiger partial charge in [-0.25, -0.2) is 0 Å². The molecule has 4 rings (SSSR count). The third-order valence-corrected chi connectivity index (χ3v) is 13.3. The first kappa shape index (κ1) is 27.2. The van der Waals surface area contributed by atoms with Gasteiger partial charge < -0.3 is 13.9 Å². The van der Waals surface area contributed by atoms with Crippen molar-refractivity contribution in [3.63, 3.8) is 0 Å². The van der Waals surface area contributed by atoms with E-state index in [1.54, 1.807) is 0 Å². The van der Waals surface area contributed by atoms with Crippen molar-refractivity contribution in [3.8, 4) is 5.75 Å². The highest BCUT2D eigenvalue weighted by Crippen LogP contribution is 2.48. The first-order valence-corrected chi connectivity index (χ1v) is 16.5. The number of aryl methyl sites for hydroxylation is 1. The molecule has 2 aliphatic rings. The molecule has 0 bridgehead atoms. The Hall–Kier alpha value is -1.82. The lowest BCUT2D eigenvalue weighted by molar-refractivity contribution is -0.145. The van der Waals surface area contributed by atoms with Gasteiger partial charge in [-0.3, -0.25) is 4.79 Å². The van der Waals surface area contributed by atoms with E-state index in [1.807, 2.05) is 13.0 Å². The summed E-state index contributed by atoms with van der Waals surface area (Å²) in [7, 11) is -0.406. The van der Waals surface area contributed by atoms with Crippen LogP contribution in [0.5, 0.6) is 5.75 Å². The molecule has 196 valence electrons. The Labute approximate surface area is 222 Å². The van der Waals surface area contributed by atoms with Gasteiger partial charge in [0.1, 0.15) is 11.9 Å². The minimum Gasteiger partial charge on any atom is -0.485 e. The second kappa shape index (κ2) is 10.5. The molecule has 0 radical (unpaired) electrons. The molecule has 0 saturated heterocycles. The monoisotopic (exact) mass is 528 g/mol. The van der Waals surface area contributed by atoms with Crippen LogP contribution in [0.4, 0.5) is 0 Å². The van der Waals surface area contributed by atoms with Gasteiger partial charge in [-0.1, -0.05) is 57.5 Å². The molecule has 0 amide bonds. The molecule has 1 heterocycles. The van der Waals surface area contributed by atoms with Crippen LogP contribution < -0.4 is 4.74 Å². The molecule has 0 spiro atoms. The first-order chi connectivity index (χ1) is 16.9. The lowest BCUT2D eigenvalue weighted by Gasteiger charge is -2.36. The molecule has 2 aromatic rings. The van der Waals surface area contributed by atoms with Crippen molar-refractivity contribution in [3.05, 3.63) is 63.7 Å². The smallest absolute Gasteiger partial charge is 0.309 e. The zero-order valence-corrected chi connectivity index (χ0v) is 24.6. The Morgan fingerprint density at radius 1 is 1.14 bits per heavy atom. The number of carbonyl (C=O) groups excluding carboxylic acids is 1. The topological polar surface area (TPSA) is 44.8 Å². The molecule has 36 heavy (non-hydrogen) atoms. The quantitative estimate of drug-likeness (QED) is 0.255. The van der Waals surface area contributed by atoms with Crippen LogP contribution in [0.15, 0.2) is 36.4 Å². The highest BCUT2D eigenvalue weighted by Gasteiger charge is 2.40. The Morgan fingerprint density at radius 2 is 1.86 bits per heavy atom. The summed E-state index contributed by atoms with van der Waals surface area (Å²) in [5.74, 6) is 1.33. The van der Waals surface area contributed by atoms with Crippen LogP contribution in [0.25, 0.3) is 0 Å². The fourth-order valence-corrected chi connectivity index (χ4v) is 6.09. The fraction of sp³-hybridized carbons (Fsp3) is 0.567. The predicted octanol–water partition coefficient (Wildman–Crippen LogP) is 8.23. The van der Waals surface area contributed by atoms with Gasteiger partial charge in [-0.15, -0.1) is 0 Å². The van der Waals surface area contributed by atoms with Gasteiger partial charge in [0.15, 0.2) is 8.32 Å². The molecule has 1 unspecified atom stereocenters. The van der Waals surface area contributed by atoms with Crippen LogP contribution in [-0.4, -0.2) is 21.4 Å². The average Bonchev–Trinajstić information content (AvgIpc) is 3.67. The van der Waals surface area contributed by atoms with Crippen molar-refractivity contribution >= 4 is 25.9 Å². The number of methoxy groups -OCH3 is 1. The average molecular weight is 529 g/mol. The van der Waals surface area contributed by atoms with Crippen LogP contribution in [0, 0.1) is 11.8 Å². The molecule has 1 aliphatic carbocycles. The Bertz CT molecular complexity index is 1100. The summed E-state index contributed by atoms with van der Waals surface area (Å²) < 4.78 is 18.1. The largest absolute Gasteiger partial charge is 0.485 e. The van der Waals surface area contributed by atoms with E-state index in [4.69, 9.17) is 25.5 Å². The van der Waals surface area contributed by atoms with Crippen molar-refractivity contribution in [2.75, 3.05) is 7.11 Å². The Balaban J connectivity index is 1.53. The SMILES string of the molecule is COC(=O)[C@@H](C)[C@H](c1ccc2c(c1)OC(c1ccc(Cl)c(CO[Si](C)(C)C(C)(C)C)c1)CC2)C1CC1. The zero-order chi connectivity index (χ0) is 26.3. The zero-order valence-electron chi connectivity index (χ0n) is 22.8. The van der Waals surface area contributed by atoms with E-state index >= 15 is 0 Å². The lowest BCUT2D eigenvalue weighted by atomic mass is 9.82. The van der Waals surface area contributed by atoms with Gasteiger partial charge in [0, 0.05) is 5.02 Å². The van der Waals surface area contributed by atoms with Crippen LogP contribution in [0.1, 0.15) is 81.2 Å². The van der Waals surface area contributed by atoms with E-state index in [2.05, 4.69) is 64.2 Å². The molecule has 2 aromatic carbocycles. The van der Waals surface area contributed by atoms with Gasteiger partial charge in [-0.2, -0.15) is 0 Å². The number of esters is 1. The second-order valence-corrected chi connectivity index (χ2v) is 17.3. The number of halogens is 1. The number of benzene rings is 2. The highest BCUT2D eigenvalue weighted by atomic mass is 35.5. The van der Waals surface area contributed by atoms with Crippen LogP contribution in [0.3, 0.4) is 0 Å². The van der Waals surface area contributed by atoms with E-state index in [0.717, 1.165) is 47.6 Å². The summed E-state index contributed by atoms with van der Waals surface area (Å²) in [6.45, 7) is 13.8. The van der Waals surface area contributed by atoms with Gasteiger partial charge in [0.05, 0.1) is 19.6 Å². The minimum absolute atomic E-state index is 0.0333. The van der Waals surface area contributed by atoms with Crippen LogP contribution >= 0.6 is 11.6 Å². The van der Waals surface area contributed by atoms with E-state index < -0.39 is 8.32 Å². The van der Waals surface area contributed by atoms with E-state index in [9.17, 15) is 4.79 Å². The number of hydrogen-bond donors (Lipinski definition) is 0. The highest BCUT2D eigenvalue weighted by molar-refractivity contribution is 6.74. The molecule has 1 saturated carbocycles. The molecular weight excluding hydrogens is 488 g/mol. The van der Waals surface area contributed by atoms with Gasteiger partial charge in [-0.05, 0) is 96.1 Å². The number of rotatable bonds is 8.